The Hall–Kier alpha value is -1.66. The normalized spacial score (nSPS) is 16.1. The average Bonchev–Trinajstić information content (AvgIpc) is 2.61. The van der Waals surface area contributed by atoms with Gasteiger partial charge in [-0.15, -0.1) is 0 Å². The zero-order chi connectivity index (χ0) is 16.8. The second-order valence-electron chi connectivity index (χ2n) is 5.85. The Morgan fingerprint density at radius 1 is 1.12 bits per heavy atom. The zero-order valence-electron chi connectivity index (χ0n) is 13.8. The van der Waals surface area contributed by atoms with E-state index in [1.165, 1.54) is 5.56 Å². The fourth-order valence-corrected chi connectivity index (χ4v) is 3.02. The highest BCUT2D eigenvalue weighted by atomic mass is 79.9. The van der Waals surface area contributed by atoms with Crippen molar-refractivity contribution in [3.63, 3.8) is 0 Å². The smallest absolute Gasteiger partial charge is 0.316 e. The summed E-state index contributed by atoms with van der Waals surface area (Å²) in [4.78, 5) is 10.8. The van der Waals surface area contributed by atoms with Crippen LogP contribution in [-0.2, 0) is 6.54 Å². The van der Waals surface area contributed by atoms with Crippen LogP contribution in [0.15, 0.2) is 41.1 Å². The molecule has 0 unspecified atom stereocenters. The molecule has 0 aliphatic carbocycles. The number of hydrogen-bond acceptors (Lipinski definition) is 5. The molecule has 0 N–H and O–H groups in total. The number of rotatable bonds is 6. The molecule has 0 saturated carbocycles. The number of nitrogens with zero attached hydrogens (tertiary/aromatic N) is 3. The van der Waals surface area contributed by atoms with Crippen molar-refractivity contribution in [2.24, 2.45) is 0 Å². The average molecular weight is 392 g/mol. The second kappa shape index (κ2) is 8.44. The number of ether oxygens (including phenoxy) is 2. The fourth-order valence-electron chi connectivity index (χ4n) is 2.81. The van der Waals surface area contributed by atoms with Crippen molar-refractivity contribution in [2.45, 2.75) is 32.4 Å². The van der Waals surface area contributed by atoms with Gasteiger partial charge in [0.1, 0.15) is 11.9 Å². The van der Waals surface area contributed by atoms with Crippen LogP contribution in [-0.4, -0.2) is 40.7 Å². The highest BCUT2D eigenvalue weighted by molar-refractivity contribution is 9.10. The Balaban J connectivity index is 1.45. The van der Waals surface area contributed by atoms with Crippen molar-refractivity contribution in [3.05, 3.63) is 46.7 Å². The SMILES string of the molecule is CCOc1ccc(CN2CCC(Oc3ncc(Br)cn3)CC2)cc1. The first-order valence-electron chi connectivity index (χ1n) is 8.31. The highest BCUT2D eigenvalue weighted by Gasteiger charge is 2.21. The van der Waals surface area contributed by atoms with E-state index in [-0.39, 0.29) is 6.10 Å². The molecule has 2 heterocycles. The van der Waals surface area contributed by atoms with Gasteiger partial charge in [0.15, 0.2) is 0 Å². The van der Waals surface area contributed by atoms with Gasteiger partial charge in [0.2, 0.25) is 0 Å². The Labute approximate surface area is 151 Å². The number of aromatic nitrogens is 2. The number of halogens is 1. The van der Waals surface area contributed by atoms with Gasteiger partial charge in [-0.25, -0.2) is 9.97 Å². The lowest BCUT2D eigenvalue weighted by Crippen LogP contribution is -2.38. The molecule has 0 bridgehead atoms. The molecule has 6 heteroatoms. The number of likely N-dealkylation sites (tertiary alicyclic amines) is 1. The lowest BCUT2D eigenvalue weighted by atomic mass is 10.1. The summed E-state index contributed by atoms with van der Waals surface area (Å²) in [5.74, 6) is 0.933. The third-order valence-corrected chi connectivity index (χ3v) is 4.45. The van der Waals surface area contributed by atoms with Crippen LogP contribution in [0.2, 0.25) is 0 Å². The Kier molecular flexibility index (Phi) is 6.04. The first kappa shape index (κ1) is 17.2. The van der Waals surface area contributed by atoms with Gasteiger partial charge in [-0.2, -0.15) is 0 Å². The molecular weight excluding hydrogens is 370 g/mol. The van der Waals surface area contributed by atoms with E-state index >= 15 is 0 Å². The van der Waals surface area contributed by atoms with Crippen molar-refractivity contribution in [2.75, 3.05) is 19.7 Å². The van der Waals surface area contributed by atoms with Crippen LogP contribution in [0, 0.1) is 0 Å². The van der Waals surface area contributed by atoms with Crippen LogP contribution in [0.5, 0.6) is 11.8 Å². The second-order valence-corrected chi connectivity index (χ2v) is 6.77. The number of benzene rings is 1. The van der Waals surface area contributed by atoms with E-state index < -0.39 is 0 Å². The molecule has 2 aromatic rings. The summed E-state index contributed by atoms with van der Waals surface area (Å²) >= 11 is 3.33. The van der Waals surface area contributed by atoms with Gasteiger partial charge in [0.25, 0.3) is 0 Å². The summed E-state index contributed by atoms with van der Waals surface area (Å²) in [6.07, 6.45) is 5.61. The predicted molar refractivity (Wildman–Crippen MR) is 96.3 cm³/mol. The Morgan fingerprint density at radius 3 is 2.42 bits per heavy atom. The molecule has 128 valence electrons. The van der Waals surface area contributed by atoms with Crippen molar-refractivity contribution in [3.8, 4) is 11.8 Å². The molecule has 0 atom stereocenters. The summed E-state index contributed by atoms with van der Waals surface area (Å²) < 4.78 is 12.2. The molecule has 24 heavy (non-hydrogen) atoms. The fraction of sp³-hybridized carbons (Fsp3) is 0.444. The van der Waals surface area contributed by atoms with Crippen molar-refractivity contribution in [1.82, 2.24) is 14.9 Å². The van der Waals surface area contributed by atoms with E-state index in [0.717, 1.165) is 42.7 Å². The van der Waals surface area contributed by atoms with Crippen LogP contribution in [0.3, 0.4) is 0 Å². The lowest BCUT2D eigenvalue weighted by molar-refractivity contribution is 0.0892. The molecule has 1 saturated heterocycles. The quantitative estimate of drug-likeness (QED) is 0.751. The zero-order valence-corrected chi connectivity index (χ0v) is 15.4. The summed E-state index contributed by atoms with van der Waals surface area (Å²) in [6, 6.07) is 8.83. The summed E-state index contributed by atoms with van der Waals surface area (Å²) in [7, 11) is 0. The van der Waals surface area contributed by atoms with Crippen LogP contribution < -0.4 is 9.47 Å². The van der Waals surface area contributed by atoms with E-state index in [0.29, 0.717) is 12.6 Å². The Bertz CT molecular complexity index is 626. The van der Waals surface area contributed by atoms with E-state index in [2.05, 4.69) is 42.9 Å². The standard InChI is InChI=1S/C18H22BrN3O2/c1-2-23-16-5-3-14(4-6-16)13-22-9-7-17(8-10-22)24-18-20-11-15(19)12-21-18/h3-6,11-12,17H,2,7-10,13H2,1H3. The lowest BCUT2D eigenvalue weighted by Gasteiger charge is -2.31. The minimum atomic E-state index is 0.197. The van der Waals surface area contributed by atoms with Gasteiger partial charge in [-0.1, -0.05) is 12.1 Å². The summed E-state index contributed by atoms with van der Waals surface area (Å²) in [5.41, 5.74) is 1.31. The summed E-state index contributed by atoms with van der Waals surface area (Å²) in [5, 5.41) is 0. The minimum Gasteiger partial charge on any atom is -0.494 e. The maximum Gasteiger partial charge on any atom is 0.316 e. The van der Waals surface area contributed by atoms with E-state index in [9.17, 15) is 0 Å². The first-order valence-corrected chi connectivity index (χ1v) is 9.10. The molecule has 1 aromatic heterocycles. The number of piperidine rings is 1. The third-order valence-electron chi connectivity index (χ3n) is 4.04. The molecule has 3 rings (SSSR count). The molecular formula is C18H22BrN3O2. The summed E-state index contributed by atoms with van der Waals surface area (Å²) in [6.45, 7) is 5.71. The van der Waals surface area contributed by atoms with Crippen LogP contribution in [0.4, 0.5) is 0 Å². The topological polar surface area (TPSA) is 47.5 Å². The van der Waals surface area contributed by atoms with Crippen LogP contribution in [0.25, 0.3) is 0 Å². The molecule has 1 aliphatic heterocycles. The monoisotopic (exact) mass is 391 g/mol. The minimum absolute atomic E-state index is 0.197. The van der Waals surface area contributed by atoms with Gasteiger partial charge in [-0.3, -0.25) is 4.90 Å². The van der Waals surface area contributed by atoms with Crippen LogP contribution >= 0.6 is 15.9 Å². The van der Waals surface area contributed by atoms with E-state index in [4.69, 9.17) is 9.47 Å². The number of hydrogen-bond donors (Lipinski definition) is 0. The molecule has 1 aliphatic rings. The van der Waals surface area contributed by atoms with Crippen molar-refractivity contribution < 1.29 is 9.47 Å². The maximum atomic E-state index is 5.87. The van der Waals surface area contributed by atoms with E-state index in [1.54, 1.807) is 12.4 Å². The molecule has 0 amide bonds. The van der Waals surface area contributed by atoms with Crippen molar-refractivity contribution >= 4 is 15.9 Å². The van der Waals surface area contributed by atoms with Gasteiger partial charge >= 0.3 is 6.01 Å². The predicted octanol–water partition coefficient (Wildman–Crippen LogP) is 3.68. The van der Waals surface area contributed by atoms with Gasteiger partial charge < -0.3 is 9.47 Å². The van der Waals surface area contributed by atoms with Gasteiger partial charge in [0.05, 0.1) is 11.1 Å². The first-order chi connectivity index (χ1) is 11.7. The third kappa shape index (κ3) is 4.92. The molecule has 5 nitrogen and oxygen atoms in total. The molecule has 1 fully saturated rings. The van der Waals surface area contributed by atoms with Gasteiger partial charge in [0, 0.05) is 32.0 Å². The molecule has 0 spiro atoms. The Morgan fingerprint density at radius 2 is 1.79 bits per heavy atom. The van der Waals surface area contributed by atoms with E-state index in [1.807, 2.05) is 19.1 Å². The maximum absolute atomic E-state index is 5.87. The van der Waals surface area contributed by atoms with Crippen molar-refractivity contribution in [1.29, 1.82) is 0 Å². The largest absolute Gasteiger partial charge is 0.494 e. The molecule has 1 aromatic carbocycles. The highest BCUT2D eigenvalue weighted by Crippen LogP contribution is 2.19. The van der Waals surface area contributed by atoms with Crippen LogP contribution in [0.1, 0.15) is 25.3 Å². The molecule has 0 radical (unpaired) electrons. The van der Waals surface area contributed by atoms with Gasteiger partial charge in [-0.05, 0) is 53.4 Å².